The van der Waals surface area contributed by atoms with Gasteiger partial charge in [-0.15, -0.1) is 5.10 Å². The summed E-state index contributed by atoms with van der Waals surface area (Å²) in [5, 5.41) is 14.0. The van der Waals surface area contributed by atoms with Gasteiger partial charge in [-0.25, -0.2) is 4.68 Å². The maximum Gasteiger partial charge on any atom is 0.273 e. The standard InChI is InChI=1S/C11H19N5O2/c1-18-7-6-13-11(17)10-8-16(15-14-10)9-2-4-12-5-3-9/h8-9,12H,2-7H2,1H3,(H,13,17). The van der Waals surface area contributed by atoms with E-state index in [1.807, 2.05) is 0 Å². The number of carbonyl (C=O) groups excluding carboxylic acids is 1. The molecule has 0 bridgehead atoms. The number of carbonyl (C=O) groups is 1. The van der Waals surface area contributed by atoms with Crippen LogP contribution in [0.2, 0.25) is 0 Å². The molecule has 1 aliphatic rings. The molecular weight excluding hydrogens is 234 g/mol. The third-order valence-corrected chi connectivity index (χ3v) is 3.02. The molecule has 2 rings (SSSR count). The lowest BCUT2D eigenvalue weighted by Gasteiger charge is -2.22. The summed E-state index contributed by atoms with van der Waals surface area (Å²) in [4.78, 5) is 11.7. The molecule has 1 aromatic heterocycles. The summed E-state index contributed by atoms with van der Waals surface area (Å²) in [6, 6.07) is 0.347. The second kappa shape index (κ2) is 6.46. The monoisotopic (exact) mass is 253 g/mol. The van der Waals surface area contributed by atoms with Crippen molar-refractivity contribution in [3.63, 3.8) is 0 Å². The van der Waals surface area contributed by atoms with E-state index in [1.165, 1.54) is 0 Å². The fourth-order valence-corrected chi connectivity index (χ4v) is 1.99. The molecule has 1 amide bonds. The van der Waals surface area contributed by atoms with Gasteiger partial charge in [0.05, 0.1) is 18.8 Å². The number of ether oxygens (including phenoxy) is 1. The summed E-state index contributed by atoms with van der Waals surface area (Å²) in [6.45, 7) is 2.95. The Hall–Kier alpha value is -1.47. The zero-order chi connectivity index (χ0) is 12.8. The van der Waals surface area contributed by atoms with Crippen LogP contribution in [0.3, 0.4) is 0 Å². The Morgan fingerprint density at radius 1 is 1.61 bits per heavy atom. The molecule has 0 spiro atoms. The van der Waals surface area contributed by atoms with E-state index in [1.54, 1.807) is 18.0 Å². The predicted molar refractivity (Wildman–Crippen MR) is 65.4 cm³/mol. The van der Waals surface area contributed by atoms with Gasteiger partial charge in [0.1, 0.15) is 0 Å². The molecule has 0 radical (unpaired) electrons. The summed E-state index contributed by atoms with van der Waals surface area (Å²) < 4.78 is 6.66. The van der Waals surface area contributed by atoms with Crippen molar-refractivity contribution in [2.24, 2.45) is 0 Å². The lowest BCUT2D eigenvalue weighted by Crippen LogP contribution is -2.29. The molecule has 2 N–H and O–H groups in total. The van der Waals surface area contributed by atoms with Gasteiger partial charge in [0.2, 0.25) is 0 Å². The maximum absolute atomic E-state index is 11.7. The van der Waals surface area contributed by atoms with Gasteiger partial charge in [0, 0.05) is 13.7 Å². The minimum atomic E-state index is -0.202. The molecule has 7 heteroatoms. The van der Waals surface area contributed by atoms with E-state index in [4.69, 9.17) is 4.74 Å². The maximum atomic E-state index is 11.7. The highest BCUT2D eigenvalue weighted by atomic mass is 16.5. The van der Waals surface area contributed by atoms with E-state index in [9.17, 15) is 4.79 Å². The molecule has 0 atom stereocenters. The third kappa shape index (κ3) is 3.27. The zero-order valence-electron chi connectivity index (χ0n) is 10.6. The Morgan fingerprint density at radius 3 is 3.11 bits per heavy atom. The number of amides is 1. The lowest BCUT2D eigenvalue weighted by molar-refractivity contribution is 0.0932. The average molecular weight is 253 g/mol. The van der Waals surface area contributed by atoms with Gasteiger partial charge in [-0.2, -0.15) is 0 Å². The van der Waals surface area contributed by atoms with E-state index in [0.29, 0.717) is 24.9 Å². The van der Waals surface area contributed by atoms with Crippen LogP contribution in [0.4, 0.5) is 0 Å². The fourth-order valence-electron chi connectivity index (χ4n) is 1.99. The average Bonchev–Trinajstić information content (AvgIpc) is 2.89. The predicted octanol–water partition coefficient (Wildman–Crippen LogP) is -0.421. The minimum Gasteiger partial charge on any atom is -0.383 e. The van der Waals surface area contributed by atoms with Crippen molar-refractivity contribution in [1.82, 2.24) is 25.6 Å². The van der Waals surface area contributed by atoms with Gasteiger partial charge < -0.3 is 15.4 Å². The quantitative estimate of drug-likeness (QED) is 0.697. The van der Waals surface area contributed by atoms with Gasteiger partial charge in [-0.3, -0.25) is 4.79 Å². The first-order chi connectivity index (χ1) is 8.81. The van der Waals surface area contributed by atoms with Gasteiger partial charge >= 0.3 is 0 Å². The van der Waals surface area contributed by atoms with Gasteiger partial charge in [0.25, 0.3) is 5.91 Å². The number of rotatable bonds is 5. The highest BCUT2D eigenvalue weighted by Crippen LogP contribution is 2.16. The number of nitrogens with zero attached hydrogens (tertiary/aromatic N) is 3. The van der Waals surface area contributed by atoms with E-state index in [0.717, 1.165) is 25.9 Å². The second-order valence-corrected chi connectivity index (χ2v) is 4.31. The molecule has 100 valence electrons. The van der Waals surface area contributed by atoms with Gasteiger partial charge in [0.15, 0.2) is 5.69 Å². The van der Waals surface area contributed by atoms with Crippen LogP contribution in [0.5, 0.6) is 0 Å². The van der Waals surface area contributed by atoms with E-state index in [2.05, 4.69) is 20.9 Å². The second-order valence-electron chi connectivity index (χ2n) is 4.31. The van der Waals surface area contributed by atoms with Crippen LogP contribution in [0, 0.1) is 0 Å². The Labute approximate surface area is 106 Å². The van der Waals surface area contributed by atoms with Crippen molar-refractivity contribution in [2.75, 3.05) is 33.4 Å². The SMILES string of the molecule is COCCNC(=O)c1cn(C2CCNCC2)nn1. The van der Waals surface area contributed by atoms with Gasteiger partial charge in [-0.1, -0.05) is 5.21 Å². The molecule has 0 aliphatic carbocycles. The van der Waals surface area contributed by atoms with Crippen molar-refractivity contribution in [3.8, 4) is 0 Å². The molecule has 2 heterocycles. The normalized spacial score (nSPS) is 16.7. The molecule has 1 aromatic rings. The Bertz CT molecular complexity index is 387. The Morgan fingerprint density at radius 2 is 2.39 bits per heavy atom. The molecule has 1 fully saturated rings. The molecule has 18 heavy (non-hydrogen) atoms. The molecule has 1 aliphatic heterocycles. The molecule has 7 nitrogen and oxygen atoms in total. The van der Waals surface area contributed by atoms with Crippen molar-refractivity contribution < 1.29 is 9.53 Å². The number of piperidine rings is 1. The summed E-state index contributed by atoms with van der Waals surface area (Å²) >= 11 is 0. The number of aromatic nitrogens is 3. The topological polar surface area (TPSA) is 81.1 Å². The van der Waals surface area contributed by atoms with Gasteiger partial charge in [-0.05, 0) is 25.9 Å². The first-order valence-electron chi connectivity index (χ1n) is 6.21. The van der Waals surface area contributed by atoms with Crippen molar-refractivity contribution in [3.05, 3.63) is 11.9 Å². The highest BCUT2D eigenvalue weighted by molar-refractivity contribution is 5.91. The lowest BCUT2D eigenvalue weighted by atomic mass is 10.1. The summed E-state index contributed by atoms with van der Waals surface area (Å²) in [6.07, 6.45) is 3.76. The summed E-state index contributed by atoms with van der Waals surface area (Å²) in [5.74, 6) is -0.202. The van der Waals surface area contributed by atoms with Crippen molar-refractivity contribution in [1.29, 1.82) is 0 Å². The third-order valence-electron chi connectivity index (χ3n) is 3.02. The first kappa shape index (κ1) is 13.0. The number of methoxy groups -OCH3 is 1. The van der Waals surface area contributed by atoms with Crippen molar-refractivity contribution >= 4 is 5.91 Å². The van der Waals surface area contributed by atoms with Crippen LogP contribution in [-0.2, 0) is 4.74 Å². The van der Waals surface area contributed by atoms with Crippen molar-refractivity contribution in [2.45, 2.75) is 18.9 Å². The van der Waals surface area contributed by atoms with E-state index < -0.39 is 0 Å². The number of nitrogens with one attached hydrogen (secondary N) is 2. The number of hydrogen-bond acceptors (Lipinski definition) is 5. The minimum absolute atomic E-state index is 0.202. The molecule has 0 saturated carbocycles. The molecule has 0 unspecified atom stereocenters. The molecular formula is C11H19N5O2. The van der Waals surface area contributed by atoms with Crippen LogP contribution in [-0.4, -0.2) is 54.3 Å². The van der Waals surface area contributed by atoms with Crippen LogP contribution in [0.25, 0.3) is 0 Å². The Kier molecular flexibility index (Phi) is 4.66. The Balaban J connectivity index is 1.90. The first-order valence-corrected chi connectivity index (χ1v) is 6.21. The highest BCUT2D eigenvalue weighted by Gasteiger charge is 2.18. The van der Waals surface area contributed by atoms with E-state index >= 15 is 0 Å². The van der Waals surface area contributed by atoms with Crippen LogP contribution in [0.15, 0.2) is 6.20 Å². The molecule has 0 aromatic carbocycles. The van der Waals surface area contributed by atoms with E-state index in [-0.39, 0.29) is 5.91 Å². The summed E-state index contributed by atoms with van der Waals surface area (Å²) in [7, 11) is 1.60. The largest absolute Gasteiger partial charge is 0.383 e. The molecule has 1 saturated heterocycles. The zero-order valence-corrected chi connectivity index (χ0v) is 10.6. The van der Waals surface area contributed by atoms with Crippen LogP contribution < -0.4 is 10.6 Å². The fraction of sp³-hybridized carbons (Fsp3) is 0.727. The summed E-state index contributed by atoms with van der Waals surface area (Å²) in [5.41, 5.74) is 0.365. The van der Waals surface area contributed by atoms with Crippen LogP contribution >= 0.6 is 0 Å². The van der Waals surface area contributed by atoms with Crippen LogP contribution in [0.1, 0.15) is 29.4 Å². The number of hydrogen-bond donors (Lipinski definition) is 2. The smallest absolute Gasteiger partial charge is 0.273 e.